The maximum absolute atomic E-state index is 5.73. The lowest BCUT2D eigenvalue weighted by Crippen LogP contribution is -2.47. The molecule has 2 unspecified atom stereocenters. The van der Waals surface area contributed by atoms with Crippen molar-refractivity contribution >= 4 is 28.6 Å². The van der Waals surface area contributed by atoms with E-state index < -0.39 is 0 Å². The Morgan fingerprint density at radius 3 is 2.89 bits per heavy atom. The summed E-state index contributed by atoms with van der Waals surface area (Å²) < 4.78 is 5.73. The monoisotopic (exact) mass is 421 g/mol. The number of hydrogen-bond acceptors (Lipinski definition) is 6. The van der Waals surface area contributed by atoms with Gasteiger partial charge in [-0.1, -0.05) is 19.9 Å². The molecule has 6 nitrogen and oxygen atoms in total. The average Bonchev–Trinajstić information content (AvgIpc) is 3.36. The van der Waals surface area contributed by atoms with Gasteiger partial charge in [0.25, 0.3) is 0 Å². The molecule has 2 atom stereocenters. The molecule has 28 heavy (non-hydrogen) atoms. The van der Waals surface area contributed by atoms with Crippen LogP contribution in [0.1, 0.15) is 48.3 Å². The van der Waals surface area contributed by atoms with Crippen LogP contribution in [0.2, 0.25) is 0 Å². The summed E-state index contributed by atoms with van der Waals surface area (Å²) in [5.41, 5.74) is 1.16. The van der Waals surface area contributed by atoms with E-state index in [0.29, 0.717) is 18.5 Å². The molecule has 1 saturated heterocycles. The van der Waals surface area contributed by atoms with Gasteiger partial charge >= 0.3 is 0 Å². The lowest BCUT2D eigenvalue weighted by molar-refractivity contribution is -0.0334. The smallest absolute Gasteiger partial charge is 0.191 e. The molecule has 3 heterocycles. The number of aliphatic imine (C=N–C) groups is 1. The molecule has 0 bridgehead atoms. The normalized spacial score (nSPS) is 19.8. The molecule has 0 radical (unpaired) electrons. The Morgan fingerprint density at radius 2 is 2.25 bits per heavy atom. The number of guanidine groups is 1. The second kappa shape index (κ2) is 10.3. The van der Waals surface area contributed by atoms with Gasteiger partial charge in [-0.15, -0.1) is 22.7 Å². The minimum atomic E-state index is 0.272. The second-order valence-electron chi connectivity index (χ2n) is 7.34. The van der Waals surface area contributed by atoms with Gasteiger partial charge in [-0.25, -0.2) is 4.98 Å². The molecule has 0 spiro atoms. The number of nitrogens with one attached hydrogen (secondary N) is 2. The summed E-state index contributed by atoms with van der Waals surface area (Å²) in [7, 11) is 1.81. The summed E-state index contributed by atoms with van der Waals surface area (Å²) in [5, 5.41) is 12.3. The van der Waals surface area contributed by atoms with Crippen molar-refractivity contribution in [2.75, 3.05) is 33.3 Å². The molecule has 1 aliphatic rings. The molecule has 1 fully saturated rings. The van der Waals surface area contributed by atoms with E-state index in [-0.39, 0.29) is 6.10 Å². The number of thiazole rings is 1. The van der Waals surface area contributed by atoms with Crippen LogP contribution in [0.3, 0.4) is 0 Å². The zero-order chi connectivity index (χ0) is 19.9. The lowest BCUT2D eigenvalue weighted by atomic mass is 10.1. The Kier molecular flexibility index (Phi) is 7.84. The third-order valence-corrected chi connectivity index (χ3v) is 6.68. The van der Waals surface area contributed by atoms with Crippen molar-refractivity contribution in [3.05, 3.63) is 38.5 Å². The molecule has 154 valence electrons. The topological polar surface area (TPSA) is 61.8 Å². The van der Waals surface area contributed by atoms with Crippen molar-refractivity contribution in [3.8, 4) is 0 Å². The maximum atomic E-state index is 5.73. The summed E-state index contributed by atoms with van der Waals surface area (Å²) in [6, 6.07) is 4.66. The Morgan fingerprint density at radius 1 is 1.39 bits per heavy atom. The average molecular weight is 422 g/mol. The zero-order valence-corrected chi connectivity index (χ0v) is 18.8. The molecular formula is C20H31N5OS2. The van der Waals surface area contributed by atoms with Gasteiger partial charge in [0.05, 0.1) is 31.0 Å². The van der Waals surface area contributed by atoms with Crippen molar-refractivity contribution in [2.45, 2.75) is 45.4 Å². The highest BCUT2D eigenvalue weighted by Crippen LogP contribution is 2.26. The van der Waals surface area contributed by atoms with Gasteiger partial charge in [0.1, 0.15) is 5.01 Å². The largest absolute Gasteiger partial charge is 0.376 e. The molecule has 2 aromatic rings. The van der Waals surface area contributed by atoms with Crippen LogP contribution in [0.15, 0.2) is 27.9 Å². The fourth-order valence-corrected chi connectivity index (χ4v) is 5.02. The van der Waals surface area contributed by atoms with Gasteiger partial charge in [-0.2, -0.15) is 0 Å². The van der Waals surface area contributed by atoms with E-state index in [9.17, 15) is 0 Å². The lowest BCUT2D eigenvalue weighted by Gasteiger charge is -2.37. The highest BCUT2D eigenvalue weighted by Gasteiger charge is 2.26. The number of hydrogen-bond donors (Lipinski definition) is 2. The van der Waals surface area contributed by atoms with E-state index in [1.165, 1.54) is 4.88 Å². The van der Waals surface area contributed by atoms with Crippen molar-refractivity contribution in [2.24, 2.45) is 4.99 Å². The van der Waals surface area contributed by atoms with Crippen LogP contribution >= 0.6 is 22.7 Å². The minimum Gasteiger partial charge on any atom is -0.376 e. The molecule has 0 aromatic carbocycles. The summed E-state index contributed by atoms with van der Waals surface area (Å²) in [5.74, 6) is 1.27. The van der Waals surface area contributed by atoms with Gasteiger partial charge < -0.3 is 15.4 Å². The second-order valence-corrected chi connectivity index (χ2v) is 9.26. The summed E-state index contributed by atoms with van der Waals surface area (Å²) in [4.78, 5) is 13.0. The van der Waals surface area contributed by atoms with Crippen molar-refractivity contribution < 1.29 is 4.74 Å². The summed E-state index contributed by atoms with van der Waals surface area (Å²) in [6.07, 6.45) is 0.272. The predicted molar refractivity (Wildman–Crippen MR) is 118 cm³/mol. The first kappa shape index (κ1) is 21.2. The Balaban J connectivity index is 1.57. The molecule has 0 aliphatic carbocycles. The number of morpholine rings is 1. The third-order valence-electron chi connectivity index (χ3n) is 4.84. The van der Waals surface area contributed by atoms with Crippen LogP contribution in [0.25, 0.3) is 0 Å². The number of rotatable bonds is 7. The standard InChI is InChI=1S/C20H31N5OS2/c1-14(2)16-13-28-19(24-16)11-23-20(21-4)22-10-17(18-6-5-9-27-18)25-7-8-26-15(3)12-25/h5-6,9,13-15,17H,7-8,10-12H2,1-4H3,(H2,21,22,23). The molecule has 0 saturated carbocycles. The van der Waals surface area contributed by atoms with E-state index in [4.69, 9.17) is 4.74 Å². The number of aromatic nitrogens is 1. The van der Waals surface area contributed by atoms with Crippen LogP contribution in [0, 0.1) is 0 Å². The Hall–Kier alpha value is -1.48. The Labute approximate surface area is 176 Å². The number of nitrogens with zero attached hydrogens (tertiary/aromatic N) is 3. The fraction of sp³-hybridized carbons (Fsp3) is 0.600. The van der Waals surface area contributed by atoms with E-state index >= 15 is 0 Å². The minimum absolute atomic E-state index is 0.272. The Bertz CT molecular complexity index is 744. The molecule has 3 rings (SSSR count). The highest BCUT2D eigenvalue weighted by atomic mass is 32.1. The molecule has 0 amide bonds. The molecule has 8 heteroatoms. The molecule has 1 aliphatic heterocycles. The van der Waals surface area contributed by atoms with Crippen molar-refractivity contribution in [3.63, 3.8) is 0 Å². The van der Waals surface area contributed by atoms with Gasteiger partial charge in [0.2, 0.25) is 0 Å². The van der Waals surface area contributed by atoms with Gasteiger partial charge in [-0.05, 0) is 24.3 Å². The number of ether oxygens (including phenoxy) is 1. The third kappa shape index (κ3) is 5.76. The summed E-state index contributed by atoms with van der Waals surface area (Å²) >= 11 is 3.51. The van der Waals surface area contributed by atoms with Gasteiger partial charge in [0.15, 0.2) is 5.96 Å². The van der Waals surface area contributed by atoms with Crippen molar-refractivity contribution in [1.29, 1.82) is 0 Å². The first-order chi connectivity index (χ1) is 13.6. The predicted octanol–water partition coefficient (Wildman–Crippen LogP) is 3.46. The van der Waals surface area contributed by atoms with Gasteiger partial charge in [-0.3, -0.25) is 9.89 Å². The van der Waals surface area contributed by atoms with E-state index in [1.54, 1.807) is 11.3 Å². The van der Waals surface area contributed by atoms with E-state index in [1.807, 2.05) is 18.4 Å². The van der Waals surface area contributed by atoms with Crippen LogP contribution in [-0.4, -0.2) is 55.2 Å². The van der Waals surface area contributed by atoms with Crippen LogP contribution in [-0.2, 0) is 11.3 Å². The van der Waals surface area contributed by atoms with E-state index in [2.05, 4.69) is 69.2 Å². The van der Waals surface area contributed by atoms with Gasteiger partial charge in [0, 0.05) is 36.9 Å². The maximum Gasteiger partial charge on any atom is 0.191 e. The quantitative estimate of drug-likeness (QED) is 0.530. The fourth-order valence-electron chi connectivity index (χ4n) is 3.26. The first-order valence-electron chi connectivity index (χ1n) is 9.84. The van der Waals surface area contributed by atoms with Crippen LogP contribution in [0.5, 0.6) is 0 Å². The SMILES string of the molecule is CN=C(NCc1nc(C(C)C)cs1)NCC(c1cccs1)N1CCOC(C)C1. The van der Waals surface area contributed by atoms with Crippen molar-refractivity contribution in [1.82, 2.24) is 20.5 Å². The van der Waals surface area contributed by atoms with Crippen LogP contribution < -0.4 is 10.6 Å². The number of thiophene rings is 1. The van der Waals surface area contributed by atoms with Crippen LogP contribution in [0.4, 0.5) is 0 Å². The highest BCUT2D eigenvalue weighted by molar-refractivity contribution is 7.10. The molecule has 2 aromatic heterocycles. The molecular weight excluding hydrogens is 390 g/mol. The van der Waals surface area contributed by atoms with E-state index in [0.717, 1.165) is 42.9 Å². The zero-order valence-electron chi connectivity index (χ0n) is 17.1. The summed E-state index contributed by atoms with van der Waals surface area (Å²) in [6.45, 7) is 10.7. The first-order valence-corrected chi connectivity index (χ1v) is 11.6. The molecule has 2 N–H and O–H groups in total.